The van der Waals surface area contributed by atoms with E-state index in [0.717, 1.165) is 31.7 Å². The summed E-state index contributed by atoms with van der Waals surface area (Å²) in [5, 5.41) is 3.39. The van der Waals surface area contributed by atoms with Gasteiger partial charge in [-0.1, -0.05) is 12.1 Å². The zero-order valence-electron chi connectivity index (χ0n) is 10.4. The second-order valence-corrected chi connectivity index (χ2v) is 7.04. The fourth-order valence-corrected chi connectivity index (χ4v) is 4.57. The molecule has 0 radical (unpaired) electrons. The Morgan fingerprint density at radius 3 is 2.58 bits per heavy atom. The Hall–Kier alpha value is -1.40. The van der Waals surface area contributed by atoms with Gasteiger partial charge in [-0.2, -0.15) is 8.42 Å². The molecule has 19 heavy (non-hydrogen) atoms. The van der Waals surface area contributed by atoms with Gasteiger partial charge in [0.05, 0.1) is 0 Å². The Morgan fingerprint density at radius 2 is 1.84 bits per heavy atom. The van der Waals surface area contributed by atoms with Crippen molar-refractivity contribution in [2.75, 3.05) is 26.2 Å². The lowest BCUT2D eigenvalue weighted by Gasteiger charge is -2.19. The average molecular weight is 277 g/mol. The Bertz CT molecular complexity index is 656. The van der Waals surface area contributed by atoms with Gasteiger partial charge in [-0.25, -0.2) is 0 Å². The van der Waals surface area contributed by atoms with Gasteiger partial charge >= 0.3 is 0 Å². The first-order valence-electron chi connectivity index (χ1n) is 6.55. The number of hydrogen-bond donors (Lipinski definition) is 1. The van der Waals surface area contributed by atoms with Gasteiger partial charge in [-0.3, -0.25) is 0 Å². The molecule has 100 valence electrons. The normalized spacial score (nSPS) is 31.2. The molecule has 0 amide bonds. The fraction of sp³-hybridized carbons (Fsp3) is 0.462. The lowest BCUT2D eigenvalue weighted by atomic mass is 10.0. The summed E-state index contributed by atoms with van der Waals surface area (Å²) in [6, 6.07) is 7.11. The Balaban J connectivity index is 1.74. The third-order valence-corrected chi connectivity index (χ3v) is 5.63. The molecule has 0 unspecified atom stereocenters. The summed E-state index contributed by atoms with van der Waals surface area (Å²) >= 11 is 0. The molecule has 0 aliphatic carbocycles. The Morgan fingerprint density at radius 1 is 1.16 bits per heavy atom. The number of sulfonamides is 1. The molecule has 1 N–H and O–H groups in total. The van der Waals surface area contributed by atoms with Crippen molar-refractivity contribution in [1.29, 1.82) is 0 Å². The molecular formula is C13H15N3O2S. The average Bonchev–Trinajstić information content (AvgIpc) is 3.02. The SMILES string of the molecule is O=S1(=O)N=C(N2C[C@H]3CNC[C@H]3C2)c2ccccc21. The van der Waals surface area contributed by atoms with E-state index in [0.29, 0.717) is 22.6 Å². The van der Waals surface area contributed by atoms with Crippen molar-refractivity contribution in [3.8, 4) is 0 Å². The minimum atomic E-state index is -3.49. The van der Waals surface area contributed by atoms with Crippen molar-refractivity contribution in [1.82, 2.24) is 10.2 Å². The van der Waals surface area contributed by atoms with Gasteiger partial charge < -0.3 is 10.2 Å². The highest BCUT2D eigenvalue weighted by atomic mass is 32.2. The van der Waals surface area contributed by atoms with Crippen LogP contribution in [-0.4, -0.2) is 45.3 Å². The van der Waals surface area contributed by atoms with Crippen LogP contribution in [0.1, 0.15) is 5.56 Å². The summed E-state index contributed by atoms with van der Waals surface area (Å²) in [6.07, 6.45) is 0. The second kappa shape index (κ2) is 3.80. The standard InChI is InChI=1S/C13H15N3O2S/c17-19(18)12-4-2-1-3-11(12)13(15-19)16-7-9-5-14-6-10(9)8-16/h1-4,9-10,14H,5-8H2/t9-,10+. The van der Waals surface area contributed by atoms with E-state index in [2.05, 4.69) is 14.6 Å². The van der Waals surface area contributed by atoms with Crippen molar-refractivity contribution in [3.05, 3.63) is 29.8 Å². The molecule has 3 heterocycles. The van der Waals surface area contributed by atoms with Crippen molar-refractivity contribution in [2.45, 2.75) is 4.90 Å². The quantitative estimate of drug-likeness (QED) is 0.740. The van der Waals surface area contributed by atoms with Crippen molar-refractivity contribution < 1.29 is 8.42 Å². The van der Waals surface area contributed by atoms with Crippen LogP contribution in [0.25, 0.3) is 0 Å². The van der Waals surface area contributed by atoms with Gasteiger partial charge in [-0.05, 0) is 24.0 Å². The van der Waals surface area contributed by atoms with E-state index in [9.17, 15) is 8.42 Å². The highest BCUT2D eigenvalue weighted by Gasteiger charge is 2.40. The van der Waals surface area contributed by atoms with Crippen LogP contribution in [-0.2, 0) is 10.0 Å². The van der Waals surface area contributed by atoms with E-state index in [4.69, 9.17) is 0 Å². The first kappa shape index (κ1) is 11.4. The predicted molar refractivity (Wildman–Crippen MR) is 71.6 cm³/mol. The lowest BCUT2D eigenvalue weighted by molar-refractivity contribution is 0.470. The number of nitrogens with one attached hydrogen (secondary N) is 1. The molecule has 3 aliphatic rings. The molecule has 3 aliphatic heterocycles. The highest BCUT2D eigenvalue weighted by Crippen LogP contribution is 2.32. The Labute approximate surface area is 112 Å². The van der Waals surface area contributed by atoms with Crippen LogP contribution in [0, 0.1) is 11.8 Å². The fourth-order valence-electron chi connectivity index (χ4n) is 3.34. The highest BCUT2D eigenvalue weighted by molar-refractivity contribution is 7.90. The number of hydrogen-bond acceptors (Lipinski definition) is 4. The number of benzene rings is 1. The monoisotopic (exact) mass is 277 g/mol. The minimum Gasteiger partial charge on any atom is -0.355 e. The van der Waals surface area contributed by atoms with E-state index in [1.165, 1.54) is 0 Å². The maximum atomic E-state index is 12.0. The molecule has 4 rings (SSSR count). The van der Waals surface area contributed by atoms with Crippen molar-refractivity contribution in [2.24, 2.45) is 16.2 Å². The first-order valence-corrected chi connectivity index (χ1v) is 7.99. The van der Waals surface area contributed by atoms with Crippen LogP contribution < -0.4 is 5.32 Å². The largest absolute Gasteiger partial charge is 0.355 e. The molecule has 1 aromatic carbocycles. The van der Waals surface area contributed by atoms with Gasteiger partial charge in [0.1, 0.15) is 4.90 Å². The van der Waals surface area contributed by atoms with Crippen molar-refractivity contribution in [3.63, 3.8) is 0 Å². The number of likely N-dealkylation sites (tertiary alicyclic amines) is 1. The minimum absolute atomic E-state index is 0.347. The summed E-state index contributed by atoms with van der Waals surface area (Å²) in [6.45, 7) is 3.87. The van der Waals surface area contributed by atoms with Gasteiger partial charge in [0.2, 0.25) is 0 Å². The van der Waals surface area contributed by atoms with Gasteiger partial charge in [0.25, 0.3) is 10.0 Å². The summed E-state index contributed by atoms with van der Waals surface area (Å²) in [4.78, 5) is 2.49. The zero-order chi connectivity index (χ0) is 13.0. The molecule has 0 bridgehead atoms. The smallest absolute Gasteiger partial charge is 0.285 e. The molecule has 2 saturated heterocycles. The van der Waals surface area contributed by atoms with E-state index < -0.39 is 10.0 Å². The summed E-state index contributed by atoms with van der Waals surface area (Å²) in [7, 11) is -3.49. The van der Waals surface area contributed by atoms with Gasteiger partial charge in [-0.15, -0.1) is 4.40 Å². The van der Waals surface area contributed by atoms with Crippen LogP contribution in [0.5, 0.6) is 0 Å². The molecule has 0 spiro atoms. The van der Waals surface area contributed by atoms with E-state index in [1.807, 2.05) is 12.1 Å². The molecule has 2 atom stereocenters. The van der Waals surface area contributed by atoms with Crippen LogP contribution in [0.3, 0.4) is 0 Å². The molecule has 0 saturated carbocycles. The maximum absolute atomic E-state index is 12.0. The predicted octanol–water partition coefficient (Wildman–Crippen LogP) is 0.287. The second-order valence-electron chi connectivity index (χ2n) is 5.47. The molecule has 0 aromatic heterocycles. The van der Waals surface area contributed by atoms with Crippen LogP contribution in [0.2, 0.25) is 0 Å². The summed E-state index contributed by atoms with van der Waals surface area (Å²) in [5.41, 5.74) is 0.760. The van der Waals surface area contributed by atoms with Crippen LogP contribution in [0.15, 0.2) is 33.6 Å². The number of rotatable bonds is 0. The lowest BCUT2D eigenvalue weighted by Crippen LogP contribution is -2.31. The molecule has 5 nitrogen and oxygen atoms in total. The third-order valence-electron chi connectivity index (χ3n) is 4.30. The third kappa shape index (κ3) is 1.63. The first-order chi connectivity index (χ1) is 9.15. The van der Waals surface area contributed by atoms with Crippen LogP contribution >= 0.6 is 0 Å². The molecule has 6 heteroatoms. The number of nitrogens with zero attached hydrogens (tertiary/aromatic N) is 2. The zero-order valence-corrected chi connectivity index (χ0v) is 11.2. The molecule has 2 fully saturated rings. The molecular weight excluding hydrogens is 262 g/mol. The summed E-state index contributed by atoms with van der Waals surface area (Å²) < 4.78 is 28.1. The van der Waals surface area contributed by atoms with Gasteiger partial charge in [0, 0.05) is 31.7 Å². The number of fused-ring (bicyclic) bond motifs is 2. The van der Waals surface area contributed by atoms with Gasteiger partial charge in [0.15, 0.2) is 5.84 Å². The topological polar surface area (TPSA) is 61.8 Å². The van der Waals surface area contributed by atoms with Crippen LogP contribution in [0.4, 0.5) is 0 Å². The maximum Gasteiger partial charge on any atom is 0.285 e. The summed E-state index contributed by atoms with van der Waals surface area (Å²) in [5.74, 6) is 1.89. The Kier molecular flexibility index (Phi) is 2.29. The van der Waals surface area contributed by atoms with Crippen molar-refractivity contribution >= 4 is 15.9 Å². The van der Waals surface area contributed by atoms with E-state index in [1.54, 1.807) is 12.1 Å². The van der Waals surface area contributed by atoms with E-state index in [-0.39, 0.29) is 0 Å². The number of amidine groups is 1. The molecule has 1 aromatic rings. The van der Waals surface area contributed by atoms with E-state index >= 15 is 0 Å².